The Labute approximate surface area is 128 Å². The standard InChI is InChI=1S/C12H25N3O2.2ClH/c1-4-9(2)15(3)6-5-13-12(17)11-7-10(16)8-14-11;;/h9-11,14,16H,4-8H2,1-3H3,(H,13,17);2*1H. The Balaban J connectivity index is 0. The van der Waals surface area contributed by atoms with Crippen LogP contribution in [0.1, 0.15) is 26.7 Å². The highest BCUT2D eigenvalue weighted by atomic mass is 35.5. The number of hydrogen-bond donors (Lipinski definition) is 3. The van der Waals surface area contributed by atoms with Crippen LogP contribution >= 0.6 is 24.8 Å². The molecule has 0 saturated carbocycles. The fourth-order valence-electron chi connectivity index (χ4n) is 1.93. The summed E-state index contributed by atoms with van der Waals surface area (Å²) in [6.07, 6.45) is 1.25. The fraction of sp³-hybridized carbons (Fsp3) is 0.917. The van der Waals surface area contributed by atoms with Crippen LogP contribution in [0.5, 0.6) is 0 Å². The van der Waals surface area contributed by atoms with Crippen molar-refractivity contribution in [2.24, 2.45) is 0 Å². The van der Waals surface area contributed by atoms with Crippen LogP contribution in [0.25, 0.3) is 0 Å². The van der Waals surface area contributed by atoms with E-state index in [9.17, 15) is 9.90 Å². The number of β-amino-alcohol motifs (C(OH)–C–C–N with tert-alkyl or cyclic N) is 1. The van der Waals surface area contributed by atoms with Crippen molar-refractivity contribution in [1.29, 1.82) is 0 Å². The van der Waals surface area contributed by atoms with Gasteiger partial charge in [0.05, 0.1) is 12.1 Å². The summed E-state index contributed by atoms with van der Waals surface area (Å²) in [5.41, 5.74) is 0. The molecule has 1 aliphatic heterocycles. The molecule has 1 saturated heterocycles. The van der Waals surface area contributed by atoms with Crippen molar-refractivity contribution in [2.45, 2.75) is 44.9 Å². The molecule has 3 atom stereocenters. The molecule has 0 aromatic carbocycles. The van der Waals surface area contributed by atoms with Gasteiger partial charge in [0.2, 0.25) is 5.91 Å². The van der Waals surface area contributed by atoms with Gasteiger partial charge < -0.3 is 20.6 Å². The first-order valence-corrected chi connectivity index (χ1v) is 6.44. The maximum atomic E-state index is 11.7. The van der Waals surface area contributed by atoms with E-state index in [0.29, 0.717) is 25.6 Å². The summed E-state index contributed by atoms with van der Waals surface area (Å²) in [5.74, 6) is -0.000832. The van der Waals surface area contributed by atoms with E-state index in [2.05, 4.69) is 36.4 Å². The number of nitrogens with zero attached hydrogens (tertiary/aromatic N) is 1. The summed E-state index contributed by atoms with van der Waals surface area (Å²) >= 11 is 0. The van der Waals surface area contributed by atoms with E-state index in [0.717, 1.165) is 13.0 Å². The number of carbonyl (C=O) groups excluding carboxylic acids is 1. The predicted octanol–water partition coefficient (Wildman–Crippen LogP) is 0.399. The third-order valence-electron chi connectivity index (χ3n) is 3.53. The molecular weight excluding hydrogens is 289 g/mol. The quantitative estimate of drug-likeness (QED) is 0.664. The van der Waals surface area contributed by atoms with Gasteiger partial charge in [-0.2, -0.15) is 0 Å². The van der Waals surface area contributed by atoms with Crippen LogP contribution in [0.3, 0.4) is 0 Å². The lowest BCUT2D eigenvalue weighted by Gasteiger charge is -2.23. The number of rotatable bonds is 6. The summed E-state index contributed by atoms with van der Waals surface area (Å²) in [6.45, 7) is 6.37. The van der Waals surface area contributed by atoms with Crippen molar-refractivity contribution in [3.63, 3.8) is 0 Å². The largest absolute Gasteiger partial charge is 0.392 e. The first-order chi connectivity index (χ1) is 8.04. The molecule has 0 radical (unpaired) electrons. The Hall–Kier alpha value is -0.0700. The van der Waals surface area contributed by atoms with Crippen LogP contribution in [0, 0.1) is 0 Å². The maximum Gasteiger partial charge on any atom is 0.237 e. The molecule has 0 spiro atoms. The van der Waals surface area contributed by atoms with Gasteiger partial charge >= 0.3 is 0 Å². The summed E-state index contributed by atoms with van der Waals surface area (Å²) < 4.78 is 0. The molecule has 3 unspecified atom stereocenters. The molecule has 1 aliphatic rings. The van der Waals surface area contributed by atoms with Crippen molar-refractivity contribution in [1.82, 2.24) is 15.5 Å². The van der Waals surface area contributed by atoms with Crippen LogP contribution in [0.2, 0.25) is 0 Å². The molecule has 0 bridgehead atoms. The lowest BCUT2D eigenvalue weighted by Crippen LogP contribution is -2.44. The minimum atomic E-state index is -0.381. The minimum absolute atomic E-state index is 0. The summed E-state index contributed by atoms with van der Waals surface area (Å²) in [4.78, 5) is 13.9. The Morgan fingerprint density at radius 1 is 1.53 bits per heavy atom. The van der Waals surface area contributed by atoms with E-state index >= 15 is 0 Å². The first kappa shape index (κ1) is 21.2. The second kappa shape index (κ2) is 10.7. The molecule has 1 heterocycles. The zero-order valence-electron chi connectivity index (χ0n) is 11.9. The number of aliphatic hydroxyl groups excluding tert-OH is 1. The number of carbonyl (C=O) groups is 1. The smallest absolute Gasteiger partial charge is 0.237 e. The van der Waals surface area contributed by atoms with E-state index in [-0.39, 0.29) is 42.9 Å². The van der Waals surface area contributed by atoms with Gasteiger partial charge in [-0.05, 0) is 26.8 Å². The van der Waals surface area contributed by atoms with Gasteiger partial charge in [0.1, 0.15) is 0 Å². The molecule has 19 heavy (non-hydrogen) atoms. The Kier molecular flexibility index (Phi) is 11.9. The number of amides is 1. The molecule has 7 heteroatoms. The second-order valence-electron chi connectivity index (χ2n) is 4.88. The highest BCUT2D eigenvalue weighted by Crippen LogP contribution is 2.05. The third kappa shape index (κ3) is 7.32. The van der Waals surface area contributed by atoms with Crippen molar-refractivity contribution in [2.75, 3.05) is 26.7 Å². The molecule has 1 fully saturated rings. The average Bonchev–Trinajstić information content (AvgIpc) is 2.74. The van der Waals surface area contributed by atoms with Crippen LogP contribution in [-0.2, 0) is 4.79 Å². The first-order valence-electron chi connectivity index (χ1n) is 6.44. The van der Waals surface area contributed by atoms with Crippen molar-refractivity contribution in [3.8, 4) is 0 Å². The molecular formula is C12H27Cl2N3O2. The van der Waals surface area contributed by atoms with E-state index in [4.69, 9.17) is 0 Å². The van der Waals surface area contributed by atoms with Crippen LogP contribution < -0.4 is 10.6 Å². The van der Waals surface area contributed by atoms with Gasteiger partial charge in [0, 0.05) is 25.7 Å². The lowest BCUT2D eigenvalue weighted by molar-refractivity contribution is -0.123. The zero-order valence-corrected chi connectivity index (χ0v) is 13.5. The van der Waals surface area contributed by atoms with Gasteiger partial charge in [0.25, 0.3) is 0 Å². The van der Waals surface area contributed by atoms with E-state index in [1.807, 2.05) is 0 Å². The van der Waals surface area contributed by atoms with E-state index in [1.165, 1.54) is 0 Å². The number of likely N-dealkylation sites (N-methyl/N-ethyl adjacent to an activating group) is 1. The maximum absolute atomic E-state index is 11.7. The molecule has 0 aromatic rings. The number of halogens is 2. The van der Waals surface area contributed by atoms with Gasteiger partial charge in [-0.15, -0.1) is 24.8 Å². The Morgan fingerprint density at radius 2 is 2.16 bits per heavy atom. The lowest BCUT2D eigenvalue weighted by atomic mass is 10.2. The van der Waals surface area contributed by atoms with Gasteiger partial charge in [0.15, 0.2) is 0 Å². The monoisotopic (exact) mass is 315 g/mol. The number of hydrogen-bond acceptors (Lipinski definition) is 4. The molecule has 3 N–H and O–H groups in total. The van der Waals surface area contributed by atoms with Crippen molar-refractivity contribution < 1.29 is 9.90 Å². The van der Waals surface area contributed by atoms with Gasteiger partial charge in [-0.25, -0.2) is 0 Å². The number of nitrogens with one attached hydrogen (secondary N) is 2. The molecule has 1 amide bonds. The Bertz CT molecular complexity index is 257. The minimum Gasteiger partial charge on any atom is -0.392 e. The normalized spacial score (nSPS) is 23.4. The van der Waals surface area contributed by atoms with Crippen LogP contribution in [0.15, 0.2) is 0 Å². The third-order valence-corrected chi connectivity index (χ3v) is 3.53. The highest BCUT2D eigenvalue weighted by molar-refractivity contribution is 5.85. The molecule has 5 nitrogen and oxygen atoms in total. The summed E-state index contributed by atoms with van der Waals surface area (Å²) in [5, 5.41) is 15.2. The van der Waals surface area contributed by atoms with Crippen LogP contribution in [-0.4, -0.2) is 60.8 Å². The molecule has 116 valence electrons. The summed E-state index contributed by atoms with van der Waals surface area (Å²) in [6, 6.07) is 0.317. The van der Waals surface area contributed by atoms with Crippen molar-refractivity contribution >= 4 is 30.7 Å². The molecule has 0 aliphatic carbocycles. The average molecular weight is 316 g/mol. The van der Waals surface area contributed by atoms with E-state index < -0.39 is 0 Å². The SMILES string of the molecule is CCC(C)N(C)CCNC(=O)C1CC(O)CN1.Cl.Cl. The second-order valence-corrected chi connectivity index (χ2v) is 4.88. The Morgan fingerprint density at radius 3 is 2.63 bits per heavy atom. The molecule has 1 rings (SSSR count). The summed E-state index contributed by atoms with van der Waals surface area (Å²) in [7, 11) is 2.07. The van der Waals surface area contributed by atoms with Crippen molar-refractivity contribution in [3.05, 3.63) is 0 Å². The molecule has 0 aromatic heterocycles. The van der Waals surface area contributed by atoms with Gasteiger partial charge in [-0.3, -0.25) is 4.79 Å². The fourth-order valence-corrected chi connectivity index (χ4v) is 1.93. The van der Waals surface area contributed by atoms with Gasteiger partial charge in [-0.1, -0.05) is 6.92 Å². The van der Waals surface area contributed by atoms with E-state index in [1.54, 1.807) is 0 Å². The topological polar surface area (TPSA) is 64.6 Å². The zero-order chi connectivity index (χ0) is 12.8. The predicted molar refractivity (Wildman–Crippen MR) is 82.3 cm³/mol. The van der Waals surface area contributed by atoms with Crippen LogP contribution in [0.4, 0.5) is 0 Å². The highest BCUT2D eigenvalue weighted by Gasteiger charge is 2.27. The number of aliphatic hydroxyl groups is 1.